The smallest absolute Gasteiger partial charge is 0.306 e. The minimum Gasteiger partial charge on any atom is -0.482 e. The minimum atomic E-state index is -0.443. The molecule has 0 spiro atoms. The predicted octanol–water partition coefficient (Wildman–Crippen LogP) is 3.19. The molecule has 0 aromatic heterocycles. The summed E-state index contributed by atoms with van der Waals surface area (Å²) in [5.41, 5.74) is 3.34. The van der Waals surface area contributed by atoms with Crippen LogP contribution in [0.15, 0.2) is 36.4 Å². The molecule has 0 saturated heterocycles. The van der Waals surface area contributed by atoms with E-state index in [2.05, 4.69) is 5.32 Å². The van der Waals surface area contributed by atoms with Crippen molar-refractivity contribution in [1.82, 2.24) is 0 Å². The summed E-state index contributed by atoms with van der Waals surface area (Å²) in [6.07, 6.45) is -0.0410. The van der Waals surface area contributed by atoms with Gasteiger partial charge in [-0.3, -0.25) is 24.1 Å². The van der Waals surface area contributed by atoms with E-state index >= 15 is 0 Å². The van der Waals surface area contributed by atoms with Gasteiger partial charge in [0.2, 0.25) is 5.91 Å². The molecule has 0 bridgehead atoms. The van der Waals surface area contributed by atoms with Crippen LogP contribution in [0.1, 0.15) is 41.3 Å². The van der Waals surface area contributed by atoms with Gasteiger partial charge in [0.1, 0.15) is 12.3 Å². The molecule has 0 saturated carbocycles. The quantitative estimate of drug-likeness (QED) is 0.502. The van der Waals surface area contributed by atoms with Crippen molar-refractivity contribution in [2.45, 2.75) is 33.6 Å². The molecule has 0 radical (unpaired) electrons. The first kappa shape index (κ1) is 23.0. The largest absolute Gasteiger partial charge is 0.482 e. The van der Waals surface area contributed by atoms with Crippen molar-refractivity contribution in [3.05, 3.63) is 53.1 Å². The standard InChI is InChI=1S/C24H26N2O6/c1-4-31-24(30)11-9-20(27)17-8-10-21-19(12-17)26(23(29)14-32-21)13-22(28)25-18-7-5-6-15(2)16(18)3/h5-8,10,12H,4,9,11,13-14H2,1-3H3,(H,25,28). The molecule has 3 rings (SSSR count). The number of hydrogen-bond acceptors (Lipinski definition) is 6. The van der Waals surface area contributed by atoms with Gasteiger partial charge in [-0.15, -0.1) is 0 Å². The van der Waals surface area contributed by atoms with Gasteiger partial charge >= 0.3 is 5.97 Å². The first-order valence-corrected chi connectivity index (χ1v) is 10.4. The third kappa shape index (κ3) is 5.32. The Labute approximate surface area is 186 Å². The van der Waals surface area contributed by atoms with Crippen molar-refractivity contribution in [3.63, 3.8) is 0 Å². The second kappa shape index (κ2) is 10.1. The van der Waals surface area contributed by atoms with E-state index in [0.717, 1.165) is 11.1 Å². The molecule has 8 nitrogen and oxygen atoms in total. The van der Waals surface area contributed by atoms with Crippen LogP contribution in [0.5, 0.6) is 5.75 Å². The first-order valence-electron chi connectivity index (χ1n) is 10.4. The number of nitrogens with one attached hydrogen (secondary N) is 1. The molecule has 1 N–H and O–H groups in total. The van der Waals surface area contributed by atoms with E-state index in [1.807, 2.05) is 26.0 Å². The maximum absolute atomic E-state index is 12.7. The lowest BCUT2D eigenvalue weighted by Gasteiger charge is -2.29. The Kier molecular flexibility index (Phi) is 7.25. The molecule has 2 aromatic rings. The Bertz CT molecular complexity index is 1060. The molecule has 2 amide bonds. The molecule has 0 aliphatic carbocycles. The highest BCUT2D eigenvalue weighted by Crippen LogP contribution is 2.33. The summed E-state index contributed by atoms with van der Waals surface area (Å²) in [5, 5.41) is 2.84. The third-order valence-corrected chi connectivity index (χ3v) is 5.27. The molecule has 1 aliphatic heterocycles. The van der Waals surface area contributed by atoms with Gasteiger partial charge < -0.3 is 14.8 Å². The van der Waals surface area contributed by atoms with Crippen molar-refractivity contribution in [1.29, 1.82) is 0 Å². The van der Waals surface area contributed by atoms with E-state index in [9.17, 15) is 19.2 Å². The molecule has 2 aromatic carbocycles. The normalized spacial score (nSPS) is 12.6. The van der Waals surface area contributed by atoms with Gasteiger partial charge in [-0.1, -0.05) is 12.1 Å². The fraction of sp³-hybridized carbons (Fsp3) is 0.333. The fourth-order valence-corrected chi connectivity index (χ4v) is 3.36. The highest BCUT2D eigenvalue weighted by molar-refractivity contribution is 6.06. The third-order valence-electron chi connectivity index (χ3n) is 5.27. The summed E-state index contributed by atoms with van der Waals surface area (Å²) in [5.74, 6) is -1.05. The number of esters is 1. The maximum Gasteiger partial charge on any atom is 0.306 e. The van der Waals surface area contributed by atoms with Crippen LogP contribution in [-0.4, -0.2) is 43.3 Å². The molecular formula is C24H26N2O6. The Hall–Kier alpha value is -3.68. The maximum atomic E-state index is 12.7. The molecule has 32 heavy (non-hydrogen) atoms. The van der Waals surface area contributed by atoms with Crippen LogP contribution < -0.4 is 15.0 Å². The van der Waals surface area contributed by atoms with Gasteiger partial charge in [-0.05, 0) is 56.2 Å². The molecule has 8 heteroatoms. The number of fused-ring (bicyclic) bond motifs is 1. The monoisotopic (exact) mass is 438 g/mol. The van der Waals surface area contributed by atoms with Crippen LogP contribution in [0, 0.1) is 13.8 Å². The number of benzene rings is 2. The van der Waals surface area contributed by atoms with Crippen LogP contribution >= 0.6 is 0 Å². The SMILES string of the molecule is CCOC(=O)CCC(=O)c1ccc2c(c1)N(CC(=O)Nc1cccc(C)c1C)C(=O)CO2. The summed E-state index contributed by atoms with van der Waals surface area (Å²) in [4.78, 5) is 50.6. The lowest BCUT2D eigenvalue weighted by Crippen LogP contribution is -2.43. The lowest BCUT2D eigenvalue weighted by molar-refractivity contribution is -0.143. The van der Waals surface area contributed by atoms with Crippen LogP contribution in [0.3, 0.4) is 0 Å². The van der Waals surface area contributed by atoms with Crippen molar-refractivity contribution >= 4 is 34.9 Å². The molecule has 168 valence electrons. The first-order chi connectivity index (χ1) is 15.3. The number of ketones is 1. The summed E-state index contributed by atoms with van der Waals surface area (Å²) >= 11 is 0. The van der Waals surface area contributed by atoms with Crippen molar-refractivity contribution in [3.8, 4) is 5.75 Å². The van der Waals surface area contributed by atoms with Gasteiger partial charge in [0.05, 0.1) is 18.7 Å². The average Bonchev–Trinajstić information content (AvgIpc) is 2.77. The predicted molar refractivity (Wildman–Crippen MR) is 119 cm³/mol. The number of ether oxygens (including phenoxy) is 2. The van der Waals surface area contributed by atoms with E-state index in [1.54, 1.807) is 25.1 Å². The van der Waals surface area contributed by atoms with Gasteiger partial charge in [0.15, 0.2) is 12.4 Å². The zero-order chi connectivity index (χ0) is 23.3. The molecule has 0 unspecified atom stereocenters. The van der Waals surface area contributed by atoms with E-state index < -0.39 is 5.97 Å². The van der Waals surface area contributed by atoms with Crippen molar-refractivity contribution in [2.75, 3.05) is 30.0 Å². The number of rotatable bonds is 8. The van der Waals surface area contributed by atoms with E-state index in [-0.39, 0.29) is 50.2 Å². The van der Waals surface area contributed by atoms with Gasteiger partial charge in [0.25, 0.3) is 5.91 Å². The number of nitrogens with zero attached hydrogens (tertiary/aromatic N) is 1. The average molecular weight is 438 g/mol. The summed E-state index contributed by atoms with van der Waals surface area (Å²) in [6.45, 7) is 5.40. The zero-order valence-corrected chi connectivity index (χ0v) is 18.4. The second-order valence-corrected chi connectivity index (χ2v) is 7.47. The van der Waals surface area contributed by atoms with Gasteiger partial charge in [0, 0.05) is 17.7 Å². The van der Waals surface area contributed by atoms with Gasteiger partial charge in [-0.2, -0.15) is 0 Å². The number of Topliss-reactive ketones (excluding diaryl/α,β-unsaturated/α-hetero) is 1. The fourth-order valence-electron chi connectivity index (χ4n) is 3.36. The van der Waals surface area contributed by atoms with Crippen molar-refractivity contribution in [2.24, 2.45) is 0 Å². The number of carbonyl (C=O) groups is 4. The molecule has 0 fully saturated rings. The van der Waals surface area contributed by atoms with E-state index in [1.165, 1.54) is 11.0 Å². The van der Waals surface area contributed by atoms with E-state index in [4.69, 9.17) is 9.47 Å². The van der Waals surface area contributed by atoms with Crippen LogP contribution in [0.4, 0.5) is 11.4 Å². The Morgan fingerprint density at radius 2 is 1.91 bits per heavy atom. The Morgan fingerprint density at radius 3 is 2.66 bits per heavy atom. The highest BCUT2D eigenvalue weighted by atomic mass is 16.5. The lowest BCUT2D eigenvalue weighted by atomic mass is 10.0. The number of amides is 2. The Morgan fingerprint density at radius 1 is 1.12 bits per heavy atom. The number of carbonyl (C=O) groups excluding carboxylic acids is 4. The minimum absolute atomic E-state index is 0.0143. The summed E-state index contributed by atoms with van der Waals surface area (Å²) in [7, 11) is 0. The zero-order valence-electron chi connectivity index (χ0n) is 18.4. The van der Waals surface area contributed by atoms with E-state index in [0.29, 0.717) is 22.7 Å². The highest BCUT2D eigenvalue weighted by Gasteiger charge is 2.28. The molecule has 1 heterocycles. The van der Waals surface area contributed by atoms with Crippen LogP contribution in [0.25, 0.3) is 0 Å². The van der Waals surface area contributed by atoms with Crippen LogP contribution in [0.2, 0.25) is 0 Å². The number of hydrogen-bond donors (Lipinski definition) is 1. The molecule has 0 atom stereocenters. The summed E-state index contributed by atoms with van der Waals surface area (Å²) < 4.78 is 10.3. The number of aryl methyl sites for hydroxylation is 1. The Balaban J connectivity index is 1.76. The molecular weight excluding hydrogens is 412 g/mol. The number of anilines is 2. The van der Waals surface area contributed by atoms with Gasteiger partial charge in [-0.25, -0.2) is 0 Å². The topological polar surface area (TPSA) is 102 Å². The second-order valence-electron chi connectivity index (χ2n) is 7.47. The van der Waals surface area contributed by atoms with Crippen LogP contribution in [-0.2, 0) is 19.1 Å². The molecule has 1 aliphatic rings. The van der Waals surface area contributed by atoms with Crippen molar-refractivity contribution < 1.29 is 28.7 Å². The summed E-state index contributed by atoms with van der Waals surface area (Å²) in [6, 6.07) is 10.3.